The van der Waals surface area contributed by atoms with Crippen LogP contribution in [0.2, 0.25) is 0 Å². The minimum Gasteiger partial charge on any atom is -0.465 e. The number of pyridine rings is 1. The van der Waals surface area contributed by atoms with Gasteiger partial charge in [0, 0.05) is 25.8 Å². The van der Waals surface area contributed by atoms with Crippen molar-refractivity contribution in [3.63, 3.8) is 0 Å². The number of anilines is 1. The fourth-order valence-corrected chi connectivity index (χ4v) is 2.37. The number of hydrogen-bond donors (Lipinski definition) is 2. The van der Waals surface area contributed by atoms with Gasteiger partial charge in [0.1, 0.15) is 5.82 Å². The maximum absolute atomic E-state index is 10.4. The van der Waals surface area contributed by atoms with Crippen molar-refractivity contribution in [3.8, 4) is 0 Å². The summed E-state index contributed by atoms with van der Waals surface area (Å²) in [6.07, 6.45) is 4.04. The van der Waals surface area contributed by atoms with E-state index in [4.69, 9.17) is 5.11 Å². The topological polar surface area (TPSA) is 65.5 Å². The van der Waals surface area contributed by atoms with Crippen molar-refractivity contribution in [1.82, 2.24) is 10.3 Å². The number of piperidine rings is 1. The van der Waals surface area contributed by atoms with Crippen molar-refractivity contribution in [3.05, 3.63) is 24.4 Å². The third kappa shape index (κ3) is 3.61. The molecular formula is C13H19N3O2. The first-order valence-electron chi connectivity index (χ1n) is 6.38. The van der Waals surface area contributed by atoms with Crippen molar-refractivity contribution in [1.29, 1.82) is 0 Å². The monoisotopic (exact) mass is 249 g/mol. The van der Waals surface area contributed by atoms with Crippen molar-refractivity contribution in [2.24, 2.45) is 5.92 Å². The minimum absolute atomic E-state index is 0.559. The van der Waals surface area contributed by atoms with E-state index in [2.05, 4.69) is 15.2 Å². The largest absolute Gasteiger partial charge is 0.465 e. The molecule has 1 aromatic heterocycles. The number of aromatic nitrogens is 1. The second-order valence-electron chi connectivity index (χ2n) is 4.64. The standard InChI is InChI=1S/C13H19N3O2/c17-13(18)15-8-4-11-5-9-16(10-6-11)12-3-1-2-7-14-12/h1-3,7,11,15H,4-6,8-10H2,(H,17,18). The quantitative estimate of drug-likeness (QED) is 0.856. The van der Waals surface area contributed by atoms with Crippen LogP contribution in [0.25, 0.3) is 0 Å². The number of amides is 1. The number of carbonyl (C=O) groups is 1. The first-order chi connectivity index (χ1) is 8.75. The van der Waals surface area contributed by atoms with Crippen LogP contribution in [-0.2, 0) is 0 Å². The SMILES string of the molecule is O=C(O)NCCC1CCN(c2ccccn2)CC1. The summed E-state index contributed by atoms with van der Waals surface area (Å²) in [5.41, 5.74) is 0. The van der Waals surface area contributed by atoms with E-state index in [0.717, 1.165) is 38.2 Å². The van der Waals surface area contributed by atoms with Gasteiger partial charge in [-0.15, -0.1) is 0 Å². The van der Waals surface area contributed by atoms with Crippen molar-refractivity contribution >= 4 is 11.9 Å². The van der Waals surface area contributed by atoms with Gasteiger partial charge in [-0.2, -0.15) is 0 Å². The zero-order valence-corrected chi connectivity index (χ0v) is 10.4. The Hall–Kier alpha value is -1.78. The van der Waals surface area contributed by atoms with Gasteiger partial charge >= 0.3 is 6.09 Å². The maximum Gasteiger partial charge on any atom is 0.404 e. The van der Waals surface area contributed by atoms with Crippen LogP contribution in [0.15, 0.2) is 24.4 Å². The lowest BCUT2D eigenvalue weighted by atomic mass is 9.93. The molecule has 5 heteroatoms. The summed E-state index contributed by atoms with van der Waals surface area (Å²) in [6.45, 7) is 2.58. The molecule has 0 saturated carbocycles. The van der Waals surface area contributed by atoms with E-state index < -0.39 is 6.09 Å². The molecule has 0 atom stereocenters. The lowest BCUT2D eigenvalue weighted by Gasteiger charge is -2.32. The zero-order valence-electron chi connectivity index (χ0n) is 10.4. The van der Waals surface area contributed by atoms with E-state index in [1.54, 1.807) is 0 Å². The van der Waals surface area contributed by atoms with Gasteiger partial charge in [0.2, 0.25) is 0 Å². The van der Waals surface area contributed by atoms with Crippen molar-refractivity contribution in [2.45, 2.75) is 19.3 Å². The molecule has 1 aliphatic rings. The lowest BCUT2D eigenvalue weighted by molar-refractivity contribution is 0.193. The van der Waals surface area contributed by atoms with Crippen LogP contribution in [0.5, 0.6) is 0 Å². The highest BCUT2D eigenvalue weighted by molar-refractivity contribution is 5.64. The van der Waals surface area contributed by atoms with Gasteiger partial charge < -0.3 is 15.3 Å². The number of nitrogens with one attached hydrogen (secondary N) is 1. The molecule has 5 nitrogen and oxygen atoms in total. The normalized spacial score (nSPS) is 16.6. The molecule has 1 saturated heterocycles. The molecule has 18 heavy (non-hydrogen) atoms. The maximum atomic E-state index is 10.4. The molecule has 0 spiro atoms. The van der Waals surface area contributed by atoms with Crippen LogP contribution >= 0.6 is 0 Å². The molecular weight excluding hydrogens is 230 g/mol. The first-order valence-corrected chi connectivity index (χ1v) is 6.38. The fourth-order valence-electron chi connectivity index (χ4n) is 2.37. The second kappa shape index (κ2) is 6.23. The second-order valence-corrected chi connectivity index (χ2v) is 4.64. The van der Waals surface area contributed by atoms with E-state index in [0.29, 0.717) is 12.5 Å². The molecule has 2 N–H and O–H groups in total. The average Bonchev–Trinajstić information content (AvgIpc) is 2.40. The Labute approximate surface area is 107 Å². The molecule has 1 amide bonds. The molecule has 98 valence electrons. The number of nitrogens with zero attached hydrogens (tertiary/aromatic N) is 2. The molecule has 2 heterocycles. The third-order valence-corrected chi connectivity index (χ3v) is 3.42. The molecule has 0 aromatic carbocycles. The molecule has 0 bridgehead atoms. The van der Waals surface area contributed by atoms with Gasteiger partial charge in [-0.1, -0.05) is 6.07 Å². The van der Waals surface area contributed by atoms with E-state index in [1.165, 1.54) is 0 Å². The Balaban J connectivity index is 1.73. The smallest absolute Gasteiger partial charge is 0.404 e. The molecule has 1 aliphatic heterocycles. The molecule has 0 aliphatic carbocycles. The van der Waals surface area contributed by atoms with E-state index in [9.17, 15) is 4.79 Å². The number of hydrogen-bond acceptors (Lipinski definition) is 3. The van der Waals surface area contributed by atoms with E-state index >= 15 is 0 Å². The Bertz CT molecular complexity index is 375. The number of rotatable bonds is 4. The summed E-state index contributed by atoms with van der Waals surface area (Å²) in [4.78, 5) is 17.0. The lowest BCUT2D eigenvalue weighted by Crippen LogP contribution is -2.35. The van der Waals surface area contributed by atoms with Gasteiger partial charge in [0.05, 0.1) is 0 Å². The Morgan fingerprint density at radius 3 is 2.83 bits per heavy atom. The Kier molecular flexibility index (Phi) is 4.39. The predicted molar refractivity (Wildman–Crippen MR) is 69.8 cm³/mol. The van der Waals surface area contributed by atoms with Gasteiger partial charge in [0.25, 0.3) is 0 Å². The molecule has 0 unspecified atom stereocenters. The van der Waals surface area contributed by atoms with Gasteiger partial charge in [-0.05, 0) is 37.3 Å². The van der Waals surface area contributed by atoms with Gasteiger partial charge in [-0.25, -0.2) is 9.78 Å². The minimum atomic E-state index is -0.930. The fraction of sp³-hybridized carbons (Fsp3) is 0.538. The predicted octanol–water partition coefficient (Wildman–Crippen LogP) is 1.96. The summed E-state index contributed by atoms with van der Waals surface area (Å²) in [5, 5.41) is 10.9. The van der Waals surface area contributed by atoms with Crippen LogP contribution in [0.3, 0.4) is 0 Å². The zero-order chi connectivity index (χ0) is 12.8. The molecule has 1 aromatic rings. The van der Waals surface area contributed by atoms with Gasteiger partial charge in [0.15, 0.2) is 0 Å². The Morgan fingerprint density at radius 1 is 1.44 bits per heavy atom. The van der Waals surface area contributed by atoms with Gasteiger partial charge in [-0.3, -0.25) is 0 Å². The average molecular weight is 249 g/mol. The van der Waals surface area contributed by atoms with Crippen LogP contribution in [0.1, 0.15) is 19.3 Å². The molecule has 2 rings (SSSR count). The van der Waals surface area contributed by atoms with Crippen molar-refractivity contribution < 1.29 is 9.90 Å². The van der Waals surface area contributed by atoms with Crippen molar-refractivity contribution in [2.75, 3.05) is 24.5 Å². The third-order valence-electron chi connectivity index (χ3n) is 3.42. The number of carboxylic acid groups (broad SMARTS) is 1. The van der Waals surface area contributed by atoms with E-state index in [1.807, 2.05) is 24.4 Å². The Morgan fingerprint density at radius 2 is 2.22 bits per heavy atom. The summed E-state index contributed by atoms with van der Waals surface area (Å²) in [6, 6.07) is 5.96. The summed E-state index contributed by atoms with van der Waals surface area (Å²) < 4.78 is 0. The highest BCUT2D eigenvalue weighted by Crippen LogP contribution is 2.23. The van der Waals surface area contributed by atoms with Crippen LogP contribution in [0.4, 0.5) is 10.6 Å². The molecule has 0 radical (unpaired) electrons. The highest BCUT2D eigenvalue weighted by atomic mass is 16.4. The summed E-state index contributed by atoms with van der Waals surface area (Å²) >= 11 is 0. The summed E-state index contributed by atoms with van der Waals surface area (Å²) in [5.74, 6) is 1.66. The summed E-state index contributed by atoms with van der Waals surface area (Å²) in [7, 11) is 0. The first kappa shape index (κ1) is 12.7. The van der Waals surface area contributed by atoms with Crippen LogP contribution in [0, 0.1) is 5.92 Å². The molecule has 1 fully saturated rings. The van der Waals surface area contributed by atoms with Crippen LogP contribution < -0.4 is 10.2 Å². The van der Waals surface area contributed by atoms with E-state index in [-0.39, 0.29) is 0 Å². The highest BCUT2D eigenvalue weighted by Gasteiger charge is 2.19. The van der Waals surface area contributed by atoms with Crippen LogP contribution in [-0.4, -0.2) is 35.8 Å².